The third-order valence-corrected chi connectivity index (χ3v) is 2.76. The second-order valence-electron chi connectivity index (χ2n) is 3.90. The molecule has 0 radical (unpaired) electrons. The minimum absolute atomic E-state index is 0. The molecule has 3 heteroatoms. The van der Waals surface area contributed by atoms with Gasteiger partial charge in [-0.3, -0.25) is 0 Å². The van der Waals surface area contributed by atoms with Gasteiger partial charge >= 0.3 is 0 Å². The molecule has 0 fully saturated rings. The zero-order valence-electron chi connectivity index (χ0n) is 7.73. The molecule has 0 saturated heterocycles. The molecule has 0 bridgehead atoms. The third-order valence-electron chi connectivity index (χ3n) is 2.45. The summed E-state index contributed by atoms with van der Waals surface area (Å²) < 4.78 is 0. The van der Waals surface area contributed by atoms with Gasteiger partial charge in [-0.1, -0.05) is 37.6 Å². The summed E-state index contributed by atoms with van der Waals surface area (Å²) in [5.41, 5.74) is 2.67. The predicted octanol–water partition coefficient (Wildman–Crippen LogP) is 3.46. The molecule has 0 spiro atoms. The molecule has 1 heterocycles. The van der Waals surface area contributed by atoms with Gasteiger partial charge in [-0.15, -0.1) is 12.4 Å². The molecule has 1 aromatic rings. The van der Waals surface area contributed by atoms with E-state index < -0.39 is 0 Å². The fraction of sp³-hybridized carbons (Fsp3) is 0.400. The highest BCUT2D eigenvalue weighted by atomic mass is 35.5. The van der Waals surface area contributed by atoms with E-state index in [9.17, 15) is 0 Å². The van der Waals surface area contributed by atoms with Crippen LogP contribution in [0.15, 0.2) is 18.2 Å². The van der Waals surface area contributed by atoms with Crippen molar-refractivity contribution in [3.8, 4) is 0 Å². The Kier molecular flexibility index (Phi) is 2.79. The molecule has 0 unspecified atom stereocenters. The highest BCUT2D eigenvalue weighted by Gasteiger charge is 2.30. The van der Waals surface area contributed by atoms with E-state index in [1.54, 1.807) is 0 Å². The lowest BCUT2D eigenvalue weighted by atomic mass is 9.87. The van der Waals surface area contributed by atoms with Gasteiger partial charge in [-0.25, -0.2) is 0 Å². The smallest absolute Gasteiger partial charge is 0.0640 e. The van der Waals surface area contributed by atoms with E-state index in [-0.39, 0.29) is 17.8 Å². The number of benzene rings is 1. The summed E-state index contributed by atoms with van der Waals surface area (Å²) in [6.07, 6.45) is 0. The summed E-state index contributed by atoms with van der Waals surface area (Å²) in [5.74, 6) is 0. The zero-order chi connectivity index (χ0) is 8.77. The van der Waals surface area contributed by atoms with Crippen LogP contribution in [-0.2, 0) is 5.41 Å². The molecular weight excluding hydrogens is 205 g/mol. The average molecular weight is 218 g/mol. The van der Waals surface area contributed by atoms with Gasteiger partial charge in [0.2, 0.25) is 0 Å². The van der Waals surface area contributed by atoms with Crippen molar-refractivity contribution < 1.29 is 0 Å². The first kappa shape index (κ1) is 10.7. The van der Waals surface area contributed by atoms with Gasteiger partial charge < -0.3 is 5.32 Å². The molecule has 1 nitrogen and oxygen atoms in total. The van der Waals surface area contributed by atoms with Crippen molar-refractivity contribution in [1.82, 2.24) is 0 Å². The van der Waals surface area contributed by atoms with E-state index >= 15 is 0 Å². The molecule has 0 aliphatic carbocycles. The van der Waals surface area contributed by atoms with E-state index in [0.717, 1.165) is 17.3 Å². The molecule has 0 amide bonds. The van der Waals surface area contributed by atoms with Gasteiger partial charge in [0, 0.05) is 12.0 Å². The summed E-state index contributed by atoms with van der Waals surface area (Å²) in [6, 6.07) is 6.08. The third kappa shape index (κ3) is 1.63. The van der Waals surface area contributed by atoms with E-state index in [0.29, 0.717) is 0 Å². The Morgan fingerprint density at radius 2 is 2.08 bits per heavy atom. The van der Waals surface area contributed by atoms with Crippen LogP contribution in [0.2, 0.25) is 5.02 Å². The Labute approximate surface area is 89.9 Å². The normalized spacial score (nSPS) is 17.2. The van der Waals surface area contributed by atoms with E-state index in [1.165, 1.54) is 5.56 Å². The number of fused-ring (bicyclic) bond motifs is 1. The van der Waals surface area contributed by atoms with Crippen LogP contribution in [-0.4, -0.2) is 6.54 Å². The van der Waals surface area contributed by atoms with Gasteiger partial charge in [-0.2, -0.15) is 0 Å². The van der Waals surface area contributed by atoms with Crippen molar-refractivity contribution in [3.63, 3.8) is 0 Å². The topological polar surface area (TPSA) is 12.0 Å². The summed E-state index contributed by atoms with van der Waals surface area (Å²) in [5, 5.41) is 4.16. The largest absolute Gasteiger partial charge is 0.383 e. The van der Waals surface area contributed by atoms with Crippen molar-refractivity contribution in [2.45, 2.75) is 19.3 Å². The Hall–Kier alpha value is -0.400. The number of halogens is 2. The van der Waals surface area contributed by atoms with Crippen LogP contribution in [0.5, 0.6) is 0 Å². The molecule has 13 heavy (non-hydrogen) atoms. The molecule has 0 aromatic heterocycles. The number of para-hydroxylation sites is 1. The highest BCUT2D eigenvalue weighted by Crippen LogP contribution is 2.39. The fourth-order valence-corrected chi connectivity index (χ4v) is 1.91. The number of hydrogen-bond acceptors (Lipinski definition) is 1. The molecule has 2 rings (SSSR count). The average Bonchev–Trinajstić information content (AvgIpc) is 2.30. The molecule has 1 aliphatic rings. The lowest BCUT2D eigenvalue weighted by Crippen LogP contribution is -2.18. The lowest BCUT2D eigenvalue weighted by molar-refractivity contribution is 0.586. The Morgan fingerprint density at radius 1 is 1.38 bits per heavy atom. The summed E-state index contributed by atoms with van der Waals surface area (Å²) in [7, 11) is 0. The number of nitrogens with one attached hydrogen (secondary N) is 1. The summed E-state index contributed by atoms with van der Waals surface area (Å²) in [6.45, 7) is 5.43. The van der Waals surface area contributed by atoms with E-state index in [4.69, 9.17) is 11.6 Å². The van der Waals surface area contributed by atoms with Gasteiger partial charge in [-0.05, 0) is 11.6 Å². The fourth-order valence-electron chi connectivity index (χ4n) is 1.67. The van der Waals surface area contributed by atoms with Crippen molar-refractivity contribution in [3.05, 3.63) is 28.8 Å². The second kappa shape index (κ2) is 3.39. The van der Waals surface area contributed by atoms with Crippen LogP contribution in [0.3, 0.4) is 0 Å². The van der Waals surface area contributed by atoms with Crippen molar-refractivity contribution in [2.75, 3.05) is 11.9 Å². The molecule has 72 valence electrons. The van der Waals surface area contributed by atoms with Crippen LogP contribution in [0, 0.1) is 0 Å². The summed E-state index contributed by atoms with van der Waals surface area (Å²) in [4.78, 5) is 0. The van der Waals surface area contributed by atoms with Gasteiger partial charge in [0.1, 0.15) is 0 Å². The summed E-state index contributed by atoms with van der Waals surface area (Å²) >= 11 is 6.03. The SMILES string of the molecule is CC1(C)CNc2c(Cl)cccc21.Cl. The van der Waals surface area contributed by atoms with Crippen LogP contribution < -0.4 is 5.32 Å². The second-order valence-corrected chi connectivity index (χ2v) is 4.31. The van der Waals surface area contributed by atoms with Gasteiger partial charge in [0.05, 0.1) is 10.7 Å². The maximum Gasteiger partial charge on any atom is 0.0640 e. The highest BCUT2D eigenvalue weighted by molar-refractivity contribution is 6.33. The Balaban J connectivity index is 0.000000845. The quantitative estimate of drug-likeness (QED) is 0.703. The van der Waals surface area contributed by atoms with Crippen molar-refractivity contribution in [2.24, 2.45) is 0 Å². The van der Waals surface area contributed by atoms with Crippen molar-refractivity contribution in [1.29, 1.82) is 0 Å². The van der Waals surface area contributed by atoms with Crippen LogP contribution in [0.4, 0.5) is 5.69 Å². The Morgan fingerprint density at radius 3 is 2.69 bits per heavy atom. The Bertz CT molecular complexity index is 321. The minimum Gasteiger partial charge on any atom is -0.383 e. The first-order chi connectivity index (χ1) is 5.61. The maximum absolute atomic E-state index is 6.03. The van der Waals surface area contributed by atoms with E-state index in [2.05, 4.69) is 25.2 Å². The maximum atomic E-state index is 6.03. The monoisotopic (exact) mass is 217 g/mol. The van der Waals surface area contributed by atoms with Gasteiger partial charge in [0.25, 0.3) is 0 Å². The number of hydrogen-bond donors (Lipinski definition) is 1. The molecule has 0 atom stereocenters. The van der Waals surface area contributed by atoms with E-state index in [1.807, 2.05) is 12.1 Å². The van der Waals surface area contributed by atoms with Crippen LogP contribution in [0.25, 0.3) is 0 Å². The molecule has 1 aliphatic heterocycles. The first-order valence-corrected chi connectivity index (χ1v) is 4.52. The number of anilines is 1. The predicted molar refractivity (Wildman–Crippen MR) is 60.2 cm³/mol. The number of rotatable bonds is 0. The first-order valence-electron chi connectivity index (χ1n) is 4.14. The molecule has 0 saturated carbocycles. The molecular formula is C10H13Cl2N. The van der Waals surface area contributed by atoms with Gasteiger partial charge in [0.15, 0.2) is 0 Å². The minimum atomic E-state index is 0. The molecule has 1 N–H and O–H groups in total. The van der Waals surface area contributed by atoms with Crippen LogP contribution >= 0.6 is 24.0 Å². The standard InChI is InChI=1S/C10H12ClN.ClH/c1-10(2)6-12-9-7(10)4-3-5-8(9)11;/h3-5,12H,6H2,1-2H3;1H. The molecule has 1 aromatic carbocycles. The lowest BCUT2D eigenvalue weighted by Gasteiger charge is -2.16. The van der Waals surface area contributed by atoms with Crippen molar-refractivity contribution >= 4 is 29.7 Å². The zero-order valence-corrected chi connectivity index (χ0v) is 9.30. The van der Waals surface area contributed by atoms with Crippen LogP contribution in [0.1, 0.15) is 19.4 Å².